The fraction of sp³-hybridized carbons (Fsp3) is 0.250. The highest BCUT2D eigenvalue weighted by Gasteiger charge is 2.26. The lowest BCUT2D eigenvalue weighted by Gasteiger charge is -2.30. The molecular formula is C20H20N4O3. The Morgan fingerprint density at radius 1 is 1.07 bits per heavy atom. The molecule has 0 bridgehead atoms. The number of amides is 2. The van der Waals surface area contributed by atoms with Crippen molar-refractivity contribution < 1.29 is 9.59 Å². The van der Waals surface area contributed by atoms with E-state index in [4.69, 9.17) is 5.73 Å². The van der Waals surface area contributed by atoms with Crippen LogP contribution in [-0.2, 0) is 24.8 Å². The number of hydrogen-bond acceptors (Lipinski definition) is 3. The first-order valence-electron chi connectivity index (χ1n) is 8.85. The molecule has 7 heteroatoms. The van der Waals surface area contributed by atoms with Crippen LogP contribution in [0.1, 0.15) is 22.3 Å². The summed E-state index contributed by atoms with van der Waals surface area (Å²) in [4.78, 5) is 39.0. The minimum atomic E-state index is -0.494. The molecule has 0 radical (unpaired) electrons. The van der Waals surface area contributed by atoms with Crippen LogP contribution >= 0.6 is 0 Å². The number of carbonyl (C=O) groups is 2. The summed E-state index contributed by atoms with van der Waals surface area (Å²) in [7, 11) is 1.70. The Kier molecular flexibility index (Phi) is 4.07. The third-order valence-electron chi connectivity index (χ3n) is 5.16. The van der Waals surface area contributed by atoms with Crippen LogP contribution in [0.5, 0.6) is 0 Å². The van der Waals surface area contributed by atoms with Crippen molar-refractivity contribution in [3.63, 3.8) is 0 Å². The smallest absolute Gasteiger partial charge is 0.329 e. The van der Waals surface area contributed by atoms with Crippen molar-refractivity contribution in [3.05, 3.63) is 64.1 Å². The number of aryl methyl sites for hydroxylation is 1. The minimum Gasteiger partial charge on any atom is -0.366 e. The molecule has 3 aromatic rings. The Balaban J connectivity index is 1.73. The van der Waals surface area contributed by atoms with E-state index in [1.54, 1.807) is 24.1 Å². The first-order valence-corrected chi connectivity index (χ1v) is 8.85. The van der Waals surface area contributed by atoms with Crippen LogP contribution in [0.3, 0.4) is 0 Å². The van der Waals surface area contributed by atoms with Gasteiger partial charge in [-0.2, -0.15) is 0 Å². The average Bonchev–Trinajstić information content (AvgIpc) is 2.92. The van der Waals surface area contributed by atoms with Crippen molar-refractivity contribution in [2.75, 3.05) is 11.4 Å². The van der Waals surface area contributed by atoms with E-state index in [0.29, 0.717) is 24.2 Å². The molecule has 2 amide bonds. The van der Waals surface area contributed by atoms with Crippen LogP contribution in [0.2, 0.25) is 0 Å². The normalized spacial score (nSPS) is 13.6. The van der Waals surface area contributed by atoms with Gasteiger partial charge >= 0.3 is 5.69 Å². The molecule has 4 rings (SSSR count). The molecule has 2 heterocycles. The molecule has 7 nitrogen and oxygen atoms in total. The van der Waals surface area contributed by atoms with Gasteiger partial charge in [0.25, 0.3) is 0 Å². The maximum absolute atomic E-state index is 13.1. The van der Waals surface area contributed by atoms with Crippen molar-refractivity contribution in [2.45, 2.75) is 19.4 Å². The molecule has 138 valence electrons. The van der Waals surface area contributed by atoms with E-state index in [9.17, 15) is 14.4 Å². The van der Waals surface area contributed by atoms with Gasteiger partial charge in [-0.05, 0) is 42.7 Å². The lowest BCUT2D eigenvalue weighted by molar-refractivity contribution is -0.119. The van der Waals surface area contributed by atoms with Gasteiger partial charge in [-0.3, -0.25) is 18.7 Å². The maximum atomic E-state index is 13.1. The topological polar surface area (TPSA) is 90.3 Å². The number of benzene rings is 2. The Hall–Kier alpha value is -3.35. The van der Waals surface area contributed by atoms with E-state index in [1.165, 1.54) is 9.13 Å². The zero-order valence-electron chi connectivity index (χ0n) is 15.0. The Bertz CT molecular complexity index is 1130. The predicted molar refractivity (Wildman–Crippen MR) is 103 cm³/mol. The van der Waals surface area contributed by atoms with Gasteiger partial charge in [0.15, 0.2) is 0 Å². The van der Waals surface area contributed by atoms with Crippen LogP contribution in [0, 0.1) is 0 Å². The Morgan fingerprint density at radius 2 is 1.81 bits per heavy atom. The minimum absolute atomic E-state index is 0.0551. The molecule has 1 aliphatic heterocycles. The molecule has 2 N–H and O–H groups in total. The predicted octanol–water partition coefficient (Wildman–Crippen LogP) is 1.42. The average molecular weight is 364 g/mol. The van der Waals surface area contributed by atoms with Crippen molar-refractivity contribution in [1.29, 1.82) is 0 Å². The van der Waals surface area contributed by atoms with Gasteiger partial charge in [0.05, 0.1) is 11.0 Å². The number of primary amides is 1. The molecule has 1 aromatic heterocycles. The molecule has 1 aliphatic rings. The largest absolute Gasteiger partial charge is 0.366 e. The summed E-state index contributed by atoms with van der Waals surface area (Å²) in [5.74, 6) is -0.678. The third kappa shape index (κ3) is 2.71. The van der Waals surface area contributed by atoms with Gasteiger partial charge in [0.2, 0.25) is 11.8 Å². The number of imidazole rings is 1. The van der Waals surface area contributed by atoms with Crippen molar-refractivity contribution in [2.24, 2.45) is 12.8 Å². The SMILES string of the molecule is Cn1c(=O)n(CC(=O)N2CCCc3c(C(N)=O)cccc32)c2ccccc21. The van der Waals surface area contributed by atoms with Crippen LogP contribution in [-0.4, -0.2) is 27.5 Å². The first-order chi connectivity index (χ1) is 13.0. The van der Waals surface area contributed by atoms with E-state index in [1.807, 2.05) is 30.3 Å². The Morgan fingerprint density at radius 3 is 2.56 bits per heavy atom. The number of anilines is 1. The number of para-hydroxylation sites is 2. The second kappa shape index (κ2) is 6.42. The molecule has 0 fully saturated rings. The summed E-state index contributed by atoms with van der Waals surface area (Å²) in [5, 5.41) is 0. The second-order valence-electron chi connectivity index (χ2n) is 6.73. The molecule has 0 saturated carbocycles. The molecule has 27 heavy (non-hydrogen) atoms. The van der Waals surface area contributed by atoms with Crippen LogP contribution in [0.25, 0.3) is 11.0 Å². The van der Waals surface area contributed by atoms with Crippen molar-refractivity contribution in [3.8, 4) is 0 Å². The van der Waals surface area contributed by atoms with Gasteiger partial charge in [0, 0.05) is 24.8 Å². The molecule has 0 saturated heterocycles. The molecule has 0 unspecified atom stereocenters. The number of fused-ring (bicyclic) bond motifs is 2. The van der Waals surface area contributed by atoms with E-state index in [-0.39, 0.29) is 18.1 Å². The van der Waals surface area contributed by atoms with Crippen molar-refractivity contribution >= 4 is 28.5 Å². The van der Waals surface area contributed by atoms with E-state index < -0.39 is 5.91 Å². The van der Waals surface area contributed by atoms with Crippen LogP contribution in [0.4, 0.5) is 5.69 Å². The summed E-state index contributed by atoms with van der Waals surface area (Å²) in [6.07, 6.45) is 1.44. The first kappa shape index (κ1) is 17.1. The van der Waals surface area contributed by atoms with Gasteiger partial charge in [-0.25, -0.2) is 4.79 Å². The number of rotatable bonds is 3. The Labute approximate surface area is 155 Å². The fourth-order valence-corrected chi connectivity index (χ4v) is 3.85. The lowest BCUT2D eigenvalue weighted by Crippen LogP contribution is -2.40. The summed E-state index contributed by atoms with van der Waals surface area (Å²) >= 11 is 0. The summed E-state index contributed by atoms with van der Waals surface area (Å²) in [5.41, 5.74) is 8.71. The third-order valence-corrected chi connectivity index (χ3v) is 5.16. The van der Waals surface area contributed by atoms with Crippen LogP contribution in [0.15, 0.2) is 47.3 Å². The number of carbonyl (C=O) groups excluding carboxylic acids is 2. The highest BCUT2D eigenvalue weighted by molar-refractivity contribution is 6.00. The zero-order valence-corrected chi connectivity index (χ0v) is 15.0. The summed E-state index contributed by atoms with van der Waals surface area (Å²) < 4.78 is 3.03. The van der Waals surface area contributed by atoms with E-state index in [0.717, 1.165) is 23.0 Å². The van der Waals surface area contributed by atoms with Gasteiger partial charge in [-0.1, -0.05) is 18.2 Å². The molecule has 2 aromatic carbocycles. The fourth-order valence-electron chi connectivity index (χ4n) is 3.85. The van der Waals surface area contributed by atoms with Gasteiger partial charge in [-0.15, -0.1) is 0 Å². The molecule has 0 aliphatic carbocycles. The van der Waals surface area contributed by atoms with Gasteiger partial charge in [0.1, 0.15) is 6.54 Å². The summed E-state index contributed by atoms with van der Waals surface area (Å²) in [6, 6.07) is 12.6. The maximum Gasteiger partial charge on any atom is 0.329 e. The highest BCUT2D eigenvalue weighted by atomic mass is 16.2. The zero-order chi connectivity index (χ0) is 19.1. The molecule has 0 spiro atoms. The monoisotopic (exact) mass is 364 g/mol. The standard InChI is InChI=1S/C20H20N4O3/c1-22-16-8-2-3-9-17(16)24(20(22)27)12-18(25)23-11-5-7-13-14(19(21)26)6-4-10-15(13)23/h2-4,6,8-10H,5,7,11-12H2,1H3,(H2,21,26). The molecular weight excluding hydrogens is 344 g/mol. The quantitative estimate of drug-likeness (QED) is 0.762. The van der Waals surface area contributed by atoms with Crippen molar-refractivity contribution in [1.82, 2.24) is 9.13 Å². The van der Waals surface area contributed by atoms with E-state index in [2.05, 4.69) is 0 Å². The number of nitrogens with two attached hydrogens (primary N) is 1. The number of aromatic nitrogens is 2. The van der Waals surface area contributed by atoms with Crippen LogP contribution < -0.4 is 16.3 Å². The number of nitrogens with zero attached hydrogens (tertiary/aromatic N) is 3. The molecule has 0 atom stereocenters. The number of hydrogen-bond donors (Lipinski definition) is 1. The van der Waals surface area contributed by atoms with Gasteiger partial charge < -0.3 is 10.6 Å². The second-order valence-corrected chi connectivity index (χ2v) is 6.73. The summed E-state index contributed by atoms with van der Waals surface area (Å²) in [6.45, 7) is 0.494. The highest BCUT2D eigenvalue weighted by Crippen LogP contribution is 2.30. The lowest BCUT2D eigenvalue weighted by atomic mass is 9.96. The van der Waals surface area contributed by atoms with E-state index >= 15 is 0 Å².